The molecule has 3 heterocycles. The average molecular weight is 398 g/mol. The lowest BCUT2D eigenvalue weighted by Gasteiger charge is -2.09. The molecule has 142 valence electrons. The van der Waals surface area contributed by atoms with Crippen molar-refractivity contribution in [2.24, 2.45) is 0 Å². The lowest BCUT2D eigenvalue weighted by Crippen LogP contribution is -2.21. The second kappa shape index (κ2) is 8.20. The molecule has 0 saturated carbocycles. The Morgan fingerprint density at radius 2 is 2.04 bits per heavy atom. The zero-order valence-corrected chi connectivity index (χ0v) is 14.5. The van der Waals surface area contributed by atoms with Crippen LogP contribution in [-0.2, 0) is 11.0 Å². The molecule has 0 bridgehead atoms. The van der Waals surface area contributed by atoms with E-state index in [2.05, 4.69) is 25.6 Å². The summed E-state index contributed by atoms with van der Waals surface area (Å²) in [5, 5.41) is 7.06. The van der Waals surface area contributed by atoms with Gasteiger partial charge in [0.05, 0.1) is 6.26 Å². The lowest BCUT2D eigenvalue weighted by molar-refractivity contribution is -0.141. The van der Waals surface area contributed by atoms with Crippen LogP contribution in [0.5, 0.6) is 0 Å². The third-order valence-corrected chi connectivity index (χ3v) is 4.16. The van der Waals surface area contributed by atoms with E-state index in [1.54, 1.807) is 6.07 Å². The largest absolute Gasteiger partial charge is 0.463 e. The number of carbonyl (C=O) groups is 1. The van der Waals surface area contributed by atoms with Crippen molar-refractivity contribution in [3.05, 3.63) is 42.8 Å². The molecule has 0 aromatic carbocycles. The van der Waals surface area contributed by atoms with E-state index in [9.17, 15) is 18.0 Å². The van der Waals surface area contributed by atoms with Crippen molar-refractivity contribution in [1.82, 2.24) is 24.8 Å². The third kappa shape index (κ3) is 5.29. The van der Waals surface area contributed by atoms with Crippen LogP contribution in [0.1, 0.15) is 18.5 Å². The monoisotopic (exact) mass is 398 g/mol. The van der Waals surface area contributed by atoms with Gasteiger partial charge in [0, 0.05) is 12.2 Å². The highest BCUT2D eigenvalue weighted by molar-refractivity contribution is 7.99. The highest BCUT2D eigenvalue weighted by atomic mass is 32.2. The summed E-state index contributed by atoms with van der Waals surface area (Å²) in [4.78, 5) is 19.4. The van der Waals surface area contributed by atoms with Crippen LogP contribution in [0.3, 0.4) is 0 Å². The molecule has 0 aliphatic carbocycles. The minimum atomic E-state index is -4.60. The minimum absolute atomic E-state index is 0.0320. The number of amides is 1. The fraction of sp³-hybridized carbons (Fsp3) is 0.267. The third-order valence-electron chi connectivity index (χ3n) is 3.22. The molecule has 0 radical (unpaired) electrons. The second-order valence-corrected chi connectivity index (χ2v) is 6.31. The number of furan rings is 1. The van der Waals surface area contributed by atoms with Crippen molar-refractivity contribution in [3.8, 4) is 11.5 Å². The summed E-state index contributed by atoms with van der Waals surface area (Å²) < 4.78 is 45.6. The molecule has 27 heavy (non-hydrogen) atoms. The Bertz CT molecular complexity index is 884. The van der Waals surface area contributed by atoms with E-state index in [1.165, 1.54) is 29.7 Å². The molecule has 0 aliphatic rings. The number of hydrogen-bond donors (Lipinski definition) is 1. The van der Waals surface area contributed by atoms with Crippen molar-refractivity contribution in [2.45, 2.75) is 24.2 Å². The van der Waals surface area contributed by atoms with E-state index < -0.39 is 11.9 Å². The number of aromatic nitrogens is 5. The molecule has 3 rings (SSSR count). The number of nitrogens with one attached hydrogen (secondary N) is 1. The fourth-order valence-corrected chi connectivity index (χ4v) is 2.84. The zero-order valence-electron chi connectivity index (χ0n) is 13.7. The molecule has 0 unspecified atom stereocenters. The Balaban J connectivity index is 1.60. The summed E-state index contributed by atoms with van der Waals surface area (Å²) in [6.07, 6.45) is 0.0201. The predicted molar refractivity (Wildman–Crippen MR) is 89.1 cm³/mol. The van der Waals surface area contributed by atoms with Gasteiger partial charge in [-0.25, -0.2) is 14.6 Å². The predicted octanol–water partition coefficient (Wildman–Crippen LogP) is 2.99. The number of thioether (sulfide) groups is 1. The van der Waals surface area contributed by atoms with Gasteiger partial charge in [0.25, 0.3) is 0 Å². The molecule has 0 atom stereocenters. The number of alkyl halides is 3. The first-order chi connectivity index (χ1) is 12.9. The Hall–Kier alpha value is -2.89. The summed E-state index contributed by atoms with van der Waals surface area (Å²) in [5.74, 6) is 0.323. The van der Waals surface area contributed by atoms with Crippen LogP contribution in [0, 0.1) is 0 Å². The van der Waals surface area contributed by atoms with Gasteiger partial charge in [-0.05, 0) is 24.6 Å². The van der Waals surface area contributed by atoms with Gasteiger partial charge in [0.15, 0.2) is 10.9 Å². The molecule has 1 amide bonds. The Kier molecular flexibility index (Phi) is 5.74. The van der Waals surface area contributed by atoms with E-state index in [4.69, 9.17) is 4.42 Å². The molecule has 0 fully saturated rings. The van der Waals surface area contributed by atoms with Crippen molar-refractivity contribution in [2.75, 3.05) is 11.2 Å². The van der Waals surface area contributed by atoms with Crippen LogP contribution >= 0.6 is 11.8 Å². The smallest absolute Gasteiger partial charge is 0.433 e. The van der Waals surface area contributed by atoms with E-state index in [1.807, 2.05) is 0 Å². The molecule has 8 nitrogen and oxygen atoms in total. The quantitative estimate of drug-likeness (QED) is 0.371. The SMILES string of the molecule is O=C(CCCSc1nc(-c2ccco2)cc(C(F)(F)F)n1)Nn1cnnc1. The summed E-state index contributed by atoms with van der Waals surface area (Å²) in [5.41, 5.74) is 1.53. The van der Waals surface area contributed by atoms with Gasteiger partial charge in [0.2, 0.25) is 5.91 Å². The number of carbonyl (C=O) groups excluding carboxylic acids is 1. The molecule has 0 spiro atoms. The van der Waals surface area contributed by atoms with Gasteiger partial charge < -0.3 is 4.42 Å². The maximum atomic E-state index is 13.1. The van der Waals surface area contributed by atoms with E-state index in [-0.39, 0.29) is 28.9 Å². The van der Waals surface area contributed by atoms with Gasteiger partial charge in [-0.2, -0.15) is 13.2 Å². The maximum Gasteiger partial charge on any atom is 0.433 e. The number of hydrogen-bond acceptors (Lipinski definition) is 7. The van der Waals surface area contributed by atoms with Crippen molar-refractivity contribution in [3.63, 3.8) is 0 Å². The summed E-state index contributed by atoms with van der Waals surface area (Å²) in [6, 6.07) is 3.92. The van der Waals surface area contributed by atoms with Gasteiger partial charge in [-0.1, -0.05) is 11.8 Å². The van der Waals surface area contributed by atoms with Crippen molar-refractivity contribution >= 4 is 17.7 Å². The van der Waals surface area contributed by atoms with E-state index in [0.29, 0.717) is 12.2 Å². The van der Waals surface area contributed by atoms with Crippen molar-refractivity contribution < 1.29 is 22.4 Å². The lowest BCUT2D eigenvalue weighted by atomic mass is 10.2. The van der Waals surface area contributed by atoms with Crippen molar-refractivity contribution in [1.29, 1.82) is 0 Å². The fourth-order valence-electron chi connectivity index (χ4n) is 2.04. The Morgan fingerprint density at radius 1 is 1.26 bits per heavy atom. The van der Waals surface area contributed by atoms with Crippen LogP contribution < -0.4 is 5.43 Å². The number of halogens is 3. The first-order valence-corrected chi connectivity index (χ1v) is 8.68. The summed E-state index contributed by atoms with van der Waals surface area (Å²) in [6.45, 7) is 0. The molecular formula is C15H13F3N6O2S. The van der Waals surface area contributed by atoms with Gasteiger partial charge >= 0.3 is 6.18 Å². The zero-order chi connectivity index (χ0) is 19.3. The molecule has 3 aromatic heterocycles. The summed E-state index contributed by atoms with van der Waals surface area (Å²) >= 11 is 1.04. The van der Waals surface area contributed by atoms with Crippen LogP contribution in [0.15, 0.2) is 46.7 Å². The topological polar surface area (TPSA) is 98.7 Å². The molecular weight excluding hydrogens is 385 g/mol. The van der Waals surface area contributed by atoms with E-state index >= 15 is 0 Å². The Labute approximate surface area is 155 Å². The Morgan fingerprint density at radius 3 is 2.70 bits per heavy atom. The van der Waals surface area contributed by atoms with Crippen LogP contribution in [0.4, 0.5) is 13.2 Å². The number of rotatable bonds is 7. The number of nitrogens with zero attached hydrogens (tertiary/aromatic N) is 5. The highest BCUT2D eigenvalue weighted by Crippen LogP contribution is 2.32. The summed E-state index contributed by atoms with van der Waals surface area (Å²) in [7, 11) is 0. The normalized spacial score (nSPS) is 11.5. The standard InChI is InChI=1S/C15H13F3N6O2S/c16-15(17,18)12-7-10(11-3-1-5-26-11)21-14(22-12)27-6-2-4-13(25)23-24-8-19-20-9-24/h1,3,5,7-9H,2,4,6H2,(H,23,25). The average Bonchev–Trinajstić information content (AvgIpc) is 3.31. The van der Waals surface area contributed by atoms with Crippen LogP contribution in [-0.4, -0.2) is 36.5 Å². The highest BCUT2D eigenvalue weighted by Gasteiger charge is 2.34. The van der Waals surface area contributed by atoms with Gasteiger partial charge in [0.1, 0.15) is 24.0 Å². The van der Waals surface area contributed by atoms with E-state index in [0.717, 1.165) is 17.8 Å². The van der Waals surface area contributed by atoms with Crippen LogP contribution in [0.2, 0.25) is 0 Å². The molecule has 0 saturated heterocycles. The van der Waals surface area contributed by atoms with Gasteiger partial charge in [-0.15, -0.1) is 10.2 Å². The minimum Gasteiger partial charge on any atom is -0.463 e. The first-order valence-electron chi connectivity index (χ1n) is 7.69. The second-order valence-electron chi connectivity index (χ2n) is 5.25. The molecule has 1 N–H and O–H groups in total. The first kappa shape index (κ1) is 18.9. The van der Waals surface area contributed by atoms with Gasteiger partial charge in [-0.3, -0.25) is 10.2 Å². The van der Waals surface area contributed by atoms with Crippen LogP contribution in [0.25, 0.3) is 11.5 Å². The molecule has 3 aromatic rings. The molecule has 12 heteroatoms. The molecule has 0 aliphatic heterocycles. The maximum absolute atomic E-state index is 13.1.